The number of nitrogens with zero attached hydrogens (tertiary/aromatic N) is 3. The molecule has 2 saturated heterocycles. The Bertz CT molecular complexity index is 964. The summed E-state index contributed by atoms with van der Waals surface area (Å²) in [7, 11) is 0. The Morgan fingerprint density at radius 1 is 0.971 bits per heavy atom. The molecule has 184 valence electrons. The number of amides is 1. The van der Waals surface area contributed by atoms with Crippen molar-refractivity contribution >= 4 is 17.2 Å². The van der Waals surface area contributed by atoms with Crippen molar-refractivity contribution in [3.8, 4) is 5.75 Å². The van der Waals surface area contributed by atoms with Gasteiger partial charge in [0, 0.05) is 50.1 Å². The molecule has 0 N–H and O–H groups in total. The fraction of sp³-hybridized carbons (Fsp3) is 0.560. The van der Waals surface area contributed by atoms with Gasteiger partial charge in [0.25, 0.3) is 0 Å². The average molecular weight is 494 g/mol. The Hall–Kier alpha value is -2.10. The molecule has 1 unspecified atom stereocenters. The topological polar surface area (TPSA) is 36.0 Å². The molecule has 9 heteroatoms. The molecule has 0 bridgehead atoms. The zero-order chi connectivity index (χ0) is 23.8. The van der Waals surface area contributed by atoms with Crippen molar-refractivity contribution in [3.05, 3.63) is 52.2 Å². The summed E-state index contributed by atoms with van der Waals surface area (Å²) >= 11 is 1.78. The minimum Gasteiger partial charge on any atom is -0.406 e. The largest absolute Gasteiger partial charge is 0.573 e. The molecule has 1 aromatic carbocycles. The van der Waals surface area contributed by atoms with E-state index in [0.29, 0.717) is 12.5 Å². The molecule has 1 atom stereocenters. The molecule has 1 saturated carbocycles. The molecule has 3 fully saturated rings. The van der Waals surface area contributed by atoms with E-state index < -0.39 is 6.36 Å². The van der Waals surface area contributed by atoms with Crippen LogP contribution in [0.2, 0.25) is 0 Å². The second kappa shape index (κ2) is 9.51. The number of piperazine rings is 1. The van der Waals surface area contributed by atoms with E-state index in [9.17, 15) is 18.0 Å². The zero-order valence-corrected chi connectivity index (χ0v) is 19.9. The molecule has 0 radical (unpaired) electrons. The van der Waals surface area contributed by atoms with Gasteiger partial charge in [-0.25, -0.2) is 0 Å². The van der Waals surface area contributed by atoms with E-state index in [-0.39, 0.29) is 17.1 Å². The van der Waals surface area contributed by atoms with E-state index >= 15 is 0 Å². The summed E-state index contributed by atoms with van der Waals surface area (Å²) in [5.74, 6) is 0.308. The maximum atomic E-state index is 13.2. The Labute approximate surface area is 202 Å². The van der Waals surface area contributed by atoms with Crippen LogP contribution in [0.1, 0.15) is 29.7 Å². The highest BCUT2D eigenvalue weighted by molar-refractivity contribution is 7.09. The first-order valence-electron chi connectivity index (χ1n) is 11.9. The van der Waals surface area contributed by atoms with Gasteiger partial charge < -0.3 is 9.64 Å². The van der Waals surface area contributed by atoms with Crippen LogP contribution in [0.3, 0.4) is 0 Å². The van der Waals surface area contributed by atoms with Crippen LogP contribution < -0.4 is 4.74 Å². The minimum absolute atomic E-state index is 0.159. The summed E-state index contributed by atoms with van der Waals surface area (Å²) in [5.41, 5.74) is 1.13. The maximum Gasteiger partial charge on any atom is 0.573 e. The molecule has 1 amide bonds. The first-order chi connectivity index (χ1) is 16.3. The van der Waals surface area contributed by atoms with Crippen LogP contribution in [0.25, 0.3) is 0 Å². The van der Waals surface area contributed by atoms with Gasteiger partial charge in [-0.1, -0.05) is 18.2 Å². The van der Waals surface area contributed by atoms with Crippen LogP contribution in [-0.4, -0.2) is 66.2 Å². The summed E-state index contributed by atoms with van der Waals surface area (Å²) in [6.45, 7) is 7.01. The Balaban J connectivity index is 1.05. The number of rotatable bonds is 6. The third-order valence-electron chi connectivity index (χ3n) is 7.55. The van der Waals surface area contributed by atoms with Crippen molar-refractivity contribution in [2.24, 2.45) is 11.3 Å². The third kappa shape index (κ3) is 5.58. The number of carbonyl (C=O) groups is 1. The van der Waals surface area contributed by atoms with Crippen LogP contribution in [0, 0.1) is 11.3 Å². The van der Waals surface area contributed by atoms with E-state index in [4.69, 9.17) is 0 Å². The second-order valence-electron chi connectivity index (χ2n) is 9.77. The predicted molar refractivity (Wildman–Crippen MR) is 124 cm³/mol. The number of halogens is 3. The molecule has 34 heavy (non-hydrogen) atoms. The number of piperidine rings is 1. The van der Waals surface area contributed by atoms with Crippen molar-refractivity contribution in [2.75, 3.05) is 39.3 Å². The van der Waals surface area contributed by atoms with Gasteiger partial charge in [-0.2, -0.15) is 0 Å². The smallest absolute Gasteiger partial charge is 0.406 e. The molecule has 5 nitrogen and oxygen atoms in total. The second-order valence-corrected chi connectivity index (χ2v) is 10.8. The highest BCUT2D eigenvalue weighted by atomic mass is 32.1. The van der Waals surface area contributed by atoms with E-state index in [0.717, 1.165) is 70.6 Å². The fourth-order valence-corrected chi connectivity index (χ4v) is 6.18. The van der Waals surface area contributed by atoms with Gasteiger partial charge in [0.15, 0.2) is 0 Å². The SMILES string of the molecule is O=C(C1CC12CCN(Cc1ccc(OC(F)(F)F)cc1)CC2)N1CCN(Cc2cccs2)CC1. The number of carbonyl (C=O) groups excluding carboxylic acids is 1. The van der Waals surface area contributed by atoms with Crippen LogP contribution in [0.5, 0.6) is 5.75 Å². The highest BCUT2D eigenvalue weighted by Crippen LogP contribution is 2.60. The summed E-state index contributed by atoms with van der Waals surface area (Å²) in [4.78, 5) is 21.4. The lowest BCUT2D eigenvalue weighted by atomic mass is 9.90. The highest BCUT2D eigenvalue weighted by Gasteiger charge is 2.59. The molecule has 2 aromatic rings. The molecule has 2 aliphatic heterocycles. The number of benzene rings is 1. The lowest BCUT2D eigenvalue weighted by Crippen LogP contribution is -2.49. The van der Waals surface area contributed by atoms with E-state index in [1.54, 1.807) is 23.5 Å². The number of hydrogen-bond acceptors (Lipinski definition) is 5. The van der Waals surface area contributed by atoms with Gasteiger partial charge in [0.2, 0.25) is 5.91 Å². The minimum atomic E-state index is -4.67. The zero-order valence-electron chi connectivity index (χ0n) is 19.1. The molecule has 1 aliphatic carbocycles. The van der Waals surface area contributed by atoms with Gasteiger partial charge in [-0.15, -0.1) is 24.5 Å². The van der Waals surface area contributed by atoms with Crippen LogP contribution >= 0.6 is 11.3 Å². The van der Waals surface area contributed by atoms with Crippen LogP contribution in [-0.2, 0) is 17.9 Å². The first-order valence-corrected chi connectivity index (χ1v) is 12.8. The van der Waals surface area contributed by atoms with Gasteiger partial charge in [0.1, 0.15) is 5.75 Å². The number of alkyl halides is 3. The normalized spacial score (nSPS) is 23.3. The van der Waals surface area contributed by atoms with Gasteiger partial charge in [0.05, 0.1) is 0 Å². The number of hydrogen-bond donors (Lipinski definition) is 0. The van der Waals surface area contributed by atoms with Crippen LogP contribution in [0.4, 0.5) is 13.2 Å². The van der Waals surface area contributed by atoms with Gasteiger partial charge in [-0.05, 0) is 66.9 Å². The van der Waals surface area contributed by atoms with Crippen molar-refractivity contribution in [3.63, 3.8) is 0 Å². The molecule has 3 heterocycles. The Kier molecular flexibility index (Phi) is 6.61. The molecule has 5 rings (SSSR count). The predicted octanol–water partition coefficient (Wildman–Crippen LogP) is 4.59. The lowest BCUT2D eigenvalue weighted by Gasteiger charge is -2.36. The first kappa shape index (κ1) is 23.6. The summed E-state index contributed by atoms with van der Waals surface area (Å²) < 4.78 is 40.9. The number of likely N-dealkylation sites (tertiary alicyclic amines) is 1. The van der Waals surface area contributed by atoms with Crippen molar-refractivity contribution in [2.45, 2.75) is 38.7 Å². The number of ether oxygens (including phenoxy) is 1. The molecular formula is C25H30F3N3O2S. The third-order valence-corrected chi connectivity index (χ3v) is 8.41. The average Bonchev–Trinajstić information content (AvgIpc) is 3.25. The quantitative estimate of drug-likeness (QED) is 0.590. The van der Waals surface area contributed by atoms with Gasteiger partial charge >= 0.3 is 6.36 Å². The van der Waals surface area contributed by atoms with Gasteiger partial charge in [-0.3, -0.25) is 14.6 Å². The summed E-state index contributed by atoms with van der Waals surface area (Å²) in [6.07, 6.45) is -1.65. The van der Waals surface area contributed by atoms with E-state index in [2.05, 4.69) is 36.9 Å². The summed E-state index contributed by atoms with van der Waals surface area (Å²) in [6, 6.07) is 10.4. The number of thiophene rings is 1. The van der Waals surface area contributed by atoms with Crippen molar-refractivity contribution in [1.82, 2.24) is 14.7 Å². The maximum absolute atomic E-state index is 13.2. The van der Waals surface area contributed by atoms with E-state index in [1.807, 2.05) is 0 Å². The van der Waals surface area contributed by atoms with E-state index in [1.165, 1.54) is 17.0 Å². The Morgan fingerprint density at radius 3 is 2.26 bits per heavy atom. The van der Waals surface area contributed by atoms with Crippen molar-refractivity contribution < 1.29 is 22.7 Å². The molecular weight excluding hydrogens is 463 g/mol. The molecule has 3 aliphatic rings. The standard InChI is InChI=1S/C25H30F3N3O2S/c26-25(27,28)33-20-5-3-19(4-6-20)17-29-9-7-24(8-10-29)16-22(24)23(32)31-13-11-30(12-14-31)18-21-2-1-15-34-21/h1-6,15,22H,7-14,16-18H2. The molecule has 1 aromatic heterocycles. The lowest BCUT2D eigenvalue weighted by molar-refractivity contribution is -0.274. The monoisotopic (exact) mass is 493 g/mol. The van der Waals surface area contributed by atoms with Crippen LogP contribution in [0.15, 0.2) is 41.8 Å². The molecule has 1 spiro atoms. The fourth-order valence-electron chi connectivity index (χ4n) is 5.43. The van der Waals surface area contributed by atoms with Crippen molar-refractivity contribution in [1.29, 1.82) is 0 Å². The summed E-state index contributed by atoms with van der Waals surface area (Å²) in [5, 5.41) is 2.11. The Morgan fingerprint density at radius 2 is 1.65 bits per heavy atom.